The van der Waals surface area contributed by atoms with Crippen molar-refractivity contribution in [2.24, 2.45) is 11.8 Å². The third-order valence-electron chi connectivity index (χ3n) is 3.82. The summed E-state index contributed by atoms with van der Waals surface area (Å²) in [7, 11) is 0. The van der Waals surface area contributed by atoms with E-state index in [4.69, 9.17) is 0 Å². The quantitative estimate of drug-likeness (QED) is 0.850. The van der Waals surface area contributed by atoms with Crippen LogP contribution in [0.2, 0.25) is 0 Å². The Labute approximate surface area is 105 Å². The van der Waals surface area contributed by atoms with E-state index in [0.717, 1.165) is 18.4 Å². The Hall–Kier alpha value is -0.830. The van der Waals surface area contributed by atoms with Gasteiger partial charge in [0.1, 0.15) is 0 Å². The van der Waals surface area contributed by atoms with Crippen LogP contribution in [-0.2, 0) is 6.54 Å². The lowest BCUT2D eigenvalue weighted by atomic mass is 9.82. The Kier molecular flexibility index (Phi) is 4.60. The van der Waals surface area contributed by atoms with Crippen molar-refractivity contribution < 1.29 is 0 Å². The minimum absolute atomic E-state index is 0.507. The maximum atomic E-state index is 4.24. The summed E-state index contributed by atoms with van der Waals surface area (Å²) >= 11 is 0. The largest absolute Gasteiger partial charge is 0.312 e. The van der Waals surface area contributed by atoms with Crippen molar-refractivity contribution in [1.29, 1.82) is 0 Å². The van der Waals surface area contributed by atoms with Gasteiger partial charge in [-0.2, -0.15) is 5.10 Å². The number of hydrogen-bond donors (Lipinski definition) is 1. The van der Waals surface area contributed by atoms with E-state index in [9.17, 15) is 0 Å². The summed E-state index contributed by atoms with van der Waals surface area (Å²) in [5.74, 6) is 1.82. The Balaban J connectivity index is 1.67. The molecule has 1 aliphatic rings. The average molecular weight is 235 g/mol. The molecule has 3 nitrogen and oxygen atoms in total. The molecule has 3 atom stereocenters. The summed E-state index contributed by atoms with van der Waals surface area (Å²) in [6.45, 7) is 6.77. The van der Waals surface area contributed by atoms with Crippen molar-refractivity contribution in [2.75, 3.05) is 6.54 Å². The van der Waals surface area contributed by atoms with Crippen LogP contribution >= 0.6 is 0 Å². The van der Waals surface area contributed by atoms with Crippen LogP contribution in [-0.4, -0.2) is 22.4 Å². The second-order valence-corrected chi connectivity index (χ2v) is 5.68. The first kappa shape index (κ1) is 12.6. The summed E-state index contributed by atoms with van der Waals surface area (Å²) in [6.07, 6.45) is 9.53. The van der Waals surface area contributed by atoms with Gasteiger partial charge in [-0.15, -0.1) is 0 Å². The van der Waals surface area contributed by atoms with E-state index >= 15 is 0 Å². The number of nitrogens with zero attached hydrogens (tertiary/aromatic N) is 2. The summed E-state index contributed by atoms with van der Waals surface area (Å²) in [4.78, 5) is 0. The molecule has 96 valence electrons. The Morgan fingerprint density at radius 3 is 3.06 bits per heavy atom. The SMILES string of the molecule is CC1CCCC(CNC(C)Cn2cccn2)C1. The van der Waals surface area contributed by atoms with Crippen molar-refractivity contribution in [1.82, 2.24) is 15.1 Å². The lowest BCUT2D eigenvalue weighted by Gasteiger charge is -2.28. The molecule has 0 saturated heterocycles. The van der Waals surface area contributed by atoms with Crippen LogP contribution in [0.4, 0.5) is 0 Å². The fourth-order valence-electron chi connectivity index (χ4n) is 2.87. The first-order valence-corrected chi connectivity index (χ1v) is 6.95. The van der Waals surface area contributed by atoms with Crippen molar-refractivity contribution in [3.63, 3.8) is 0 Å². The average Bonchev–Trinajstić information content (AvgIpc) is 2.79. The van der Waals surface area contributed by atoms with Crippen molar-refractivity contribution in [3.8, 4) is 0 Å². The van der Waals surface area contributed by atoms with Crippen LogP contribution in [0.3, 0.4) is 0 Å². The van der Waals surface area contributed by atoms with Crippen LogP contribution in [0.25, 0.3) is 0 Å². The third kappa shape index (κ3) is 4.15. The molecule has 1 N–H and O–H groups in total. The van der Waals surface area contributed by atoms with Gasteiger partial charge in [0.15, 0.2) is 0 Å². The Morgan fingerprint density at radius 1 is 1.47 bits per heavy atom. The van der Waals surface area contributed by atoms with E-state index in [1.807, 2.05) is 23.1 Å². The minimum atomic E-state index is 0.507. The highest BCUT2D eigenvalue weighted by atomic mass is 15.3. The normalized spacial score (nSPS) is 26.9. The Morgan fingerprint density at radius 2 is 2.35 bits per heavy atom. The zero-order valence-electron chi connectivity index (χ0n) is 11.1. The van der Waals surface area contributed by atoms with Crippen LogP contribution in [0.15, 0.2) is 18.5 Å². The molecule has 1 heterocycles. The van der Waals surface area contributed by atoms with E-state index in [-0.39, 0.29) is 0 Å². The predicted octanol–water partition coefficient (Wildman–Crippen LogP) is 2.69. The fraction of sp³-hybridized carbons (Fsp3) is 0.786. The van der Waals surface area contributed by atoms with E-state index < -0.39 is 0 Å². The zero-order chi connectivity index (χ0) is 12.1. The minimum Gasteiger partial charge on any atom is -0.312 e. The molecule has 0 bridgehead atoms. The number of rotatable bonds is 5. The highest BCUT2D eigenvalue weighted by molar-refractivity contribution is 4.79. The summed E-state index contributed by atoms with van der Waals surface area (Å²) in [5.41, 5.74) is 0. The van der Waals surface area contributed by atoms with E-state index in [1.165, 1.54) is 32.2 Å². The lowest BCUT2D eigenvalue weighted by Crippen LogP contribution is -2.35. The van der Waals surface area contributed by atoms with Crippen LogP contribution < -0.4 is 5.32 Å². The molecule has 3 unspecified atom stereocenters. The molecule has 1 saturated carbocycles. The van der Waals surface area contributed by atoms with E-state index in [0.29, 0.717) is 6.04 Å². The molecule has 17 heavy (non-hydrogen) atoms. The van der Waals surface area contributed by atoms with E-state index in [1.54, 1.807) is 0 Å². The van der Waals surface area contributed by atoms with Gasteiger partial charge >= 0.3 is 0 Å². The van der Waals surface area contributed by atoms with Crippen molar-refractivity contribution in [2.45, 2.75) is 52.1 Å². The van der Waals surface area contributed by atoms with Crippen LogP contribution in [0, 0.1) is 11.8 Å². The second-order valence-electron chi connectivity index (χ2n) is 5.68. The van der Waals surface area contributed by atoms with E-state index in [2.05, 4.69) is 24.3 Å². The Bertz CT molecular complexity index is 307. The molecule has 1 fully saturated rings. The summed E-state index contributed by atoms with van der Waals surface area (Å²) < 4.78 is 2.00. The molecular weight excluding hydrogens is 210 g/mol. The molecule has 1 aromatic heterocycles. The number of aromatic nitrogens is 2. The van der Waals surface area contributed by atoms with Gasteiger partial charge in [0.25, 0.3) is 0 Å². The van der Waals surface area contributed by atoms with Gasteiger partial charge < -0.3 is 5.32 Å². The van der Waals surface area contributed by atoms with Crippen LogP contribution in [0.5, 0.6) is 0 Å². The lowest BCUT2D eigenvalue weighted by molar-refractivity contribution is 0.264. The molecule has 0 amide bonds. The maximum absolute atomic E-state index is 4.24. The summed E-state index contributed by atoms with van der Waals surface area (Å²) in [6, 6.07) is 2.49. The van der Waals surface area contributed by atoms with Gasteiger partial charge in [0.2, 0.25) is 0 Å². The van der Waals surface area contributed by atoms with Crippen molar-refractivity contribution in [3.05, 3.63) is 18.5 Å². The molecule has 0 aliphatic heterocycles. The maximum Gasteiger partial charge on any atom is 0.0559 e. The van der Waals surface area contributed by atoms with Gasteiger partial charge in [-0.1, -0.05) is 19.8 Å². The number of hydrogen-bond acceptors (Lipinski definition) is 2. The van der Waals surface area contributed by atoms with Gasteiger partial charge in [0, 0.05) is 18.4 Å². The fourth-order valence-corrected chi connectivity index (χ4v) is 2.87. The van der Waals surface area contributed by atoms with Gasteiger partial charge in [-0.05, 0) is 44.2 Å². The van der Waals surface area contributed by atoms with Crippen LogP contribution in [0.1, 0.15) is 39.5 Å². The first-order chi connectivity index (χ1) is 8.24. The predicted molar refractivity (Wildman–Crippen MR) is 70.8 cm³/mol. The standard InChI is InChI=1S/C14H25N3/c1-12-5-3-6-14(9-12)10-15-13(2)11-17-8-4-7-16-17/h4,7-8,12-15H,3,5-6,9-11H2,1-2H3. The zero-order valence-corrected chi connectivity index (χ0v) is 11.1. The van der Waals surface area contributed by atoms with Gasteiger partial charge in [-0.3, -0.25) is 4.68 Å². The van der Waals surface area contributed by atoms with Gasteiger partial charge in [0.05, 0.1) is 6.54 Å². The third-order valence-corrected chi connectivity index (χ3v) is 3.82. The number of nitrogens with one attached hydrogen (secondary N) is 1. The first-order valence-electron chi connectivity index (χ1n) is 6.95. The van der Waals surface area contributed by atoms with Gasteiger partial charge in [-0.25, -0.2) is 0 Å². The molecule has 2 rings (SSSR count). The second kappa shape index (κ2) is 6.20. The molecule has 0 spiro atoms. The highest BCUT2D eigenvalue weighted by Gasteiger charge is 2.18. The molecule has 1 aliphatic carbocycles. The van der Waals surface area contributed by atoms with Crippen molar-refractivity contribution >= 4 is 0 Å². The monoisotopic (exact) mass is 235 g/mol. The molecule has 1 aromatic rings. The molecule has 3 heteroatoms. The molecule has 0 radical (unpaired) electrons. The molecular formula is C14H25N3. The summed E-state index contributed by atoms with van der Waals surface area (Å²) in [5, 5.41) is 7.89. The topological polar surface area (TPSA) is 29.9 Å². The smallest absolute Gasteiger partial charge is 0.0559 e. The molecule has 0 aromatic carbocycles. The highest BCUT2D eigenvalue weighted by Crippen LogP contribution is 2.27.